The number of carbonyl (C=O) groups is 1. The van der Waals surface area contributed by atoms with Crippen molar-refractivity contribution in [3.8, 4) is 0 Å². The second-order valence-electron chi connectivity index (χ2n) is 7.53. The Bertz CT molecular complexity index is 374. The maximum absolute atomic E-state index is 12.9. The first-order chi connectivity index (χ1) is 9.49. The zero-order valence-electron chi connectivity index (χ0n) is 13.3. The summed E-state index contributed by atoms with van der Waals surface area (Å²) in [5.41, 5.74) is 0. The summed E-state index contributed by atoms with van der Waals surface area (Å²) in [7, 11) is 0. The minimum absolute atomic E-state index is 0.0119. The zero-order valence-corrected chi connectivity index (χ0v) is 13.3. The van der Waals surface area contributed by atoms with Crippen LogP contribution < -0.4 is 5.32 Å². The van der Waals surface area contributed by atoms with Gasteiger partial charge in [0.15, 0.2) is 0 Å². The van der Waals surface area contributed by atoms with E-state index >= 15 is 0 Å². The summed E-state index contributed by atoms with van der Waals surface area (Å²) >= 11 is 0. The molecule has 3 atom stereocenters. The Labute approximate surface area is 122 Å². The fraction of sp³-hybridized carbons (Fsp3) is 0.938. The molecule has 3 unspecified atom stereocenters. The quantitative estimate of drug-likeness (QED) is 0.851. The highest BCUT2D eigenvalue weighted by Gasteiger charge is 2.49. The smallest absolute Gasteiger partial charge is 0.241 e. The Balaban J connectivity index is 1.83. The van der Waals surface area contributed by atoms with Gasteiger partial charge in [-0.3, -0.25) is 10.1 Å². The molecule has 2 bridgehead atoms. The van der Waals surface area contributed by atoms with Gasteiger partial charge in [0.25, 0.3) is 0 Å². The van der Waals surface area contributed by atoms with Crippen LogP contribution >= 0.6 is 0 Å². The first-order valence-corrected chi connectivity index (χ1v) is 8.29. The number of hydrogen-bond donors (Lipinski definition) is 1. The lowest BCUT2D eigenvalue weighted by Gasteiger charge is -2.49. The predicted molar refractivity (Wildman–Crippen MR) is 80.2 cm³/mol. The molecule has 4 heterocycles. The van der Waals surface area contributed by atoms with Gasteiger partial charge >= 0.3 is 0 Å². The van der Waals surface area contributed by atoms with Gasteiger partial charge in [0, 0.05) is 12.6 Å². The van der Waals surface area contributed by atoms with Gasteiger partial charge in [-0.2, -0.15) is 0 Å². The van der Waals surface area contributed by atoms with Crippen LogP contribution in [-0.4, -0.2) is 53.6 Å². The molecule has 0 saturated carbocycles. The summed E-state index contributed by atoms with van der Waals surface area (Å²) in [5, 5.41) is 3.60. The summed E-state index contributed by atoms with van der Waals surface area (Å²) in [5.74, 6) is 1.91. The molecule has 0 spiro atoms. The first-order valence-electron chi connectivity index (χ1n) is 8.29. The number of rotatable bonds is 3. The molecule has 0 aromatic carbocycles. The fourth-order valence-corrected chi connectivity index (χ4v) is 4.24. The molecule has 4 rings (SSSR count). The van der Waals surface area contributed by atoms with E-state index in [0.29, 0.717) is 23.8 Å². The molecule has 4 saturated heterocycles. The van der Waals surface area contributed by atoms with Crippen molar-refractivity contribution in [2.24, 2.45) is 17.8 Å². The van der Waals surface area contributed by atoms with Gasteiger partial charge < -0.3 is 9.80 Å². The second-order valence-corrected chi connectivity index (χ2v) is 7.53. The van der Waals surface area contributed by atoms with E-state index in [1.165, 1.54) is 25.9 Å². The van der Waals surface area contributed by atoms with Crippen LogP contribution in [0, 0.1) is 17.8 Å². The Morgan fingerprint density at radius 3 is 2.20 bits per heavy atom. The highest BCUT2D eigenvalue weighted by atomic mass is 16.2. The van der Waals surface area contributed by atoms with Crippen LogP contribution in [0.4, 0.5) is 0 Å². The van der Waals surface area contributed by atoms with Gasteiger partial charge in [0.2, 0.25) is 5.91 Å². The zero-order chi connectivity index (χ0) is 14.4. The van der Waals surface area contributed by atoms with Crippen molar-refractivity contribution in [2.45, 2.75) is 58.8 Å². The van der Waals surface area contributed by atoms with Crippen molar-refractivity contribution >= 4 is 5.91 Å². The van der Waals surface area contributed by atoms with Gasteiger partial charge in [0.1, 0.15) is 0 Å². The standard InChI is InChI=1S/C16H29N3O/c1-10(2)14-16(20)19(15(17-14)11(3)4)13-9-18-7-5-12(13)6-8-18/h10-15,17H,5-9H2,1-4H3. The van der Waals surface area contributed by atoms with Gasteiger partial charge in [-0.25, -0.2) is 0 Å². The first kappa shape index (κ1) is 14.3. The SMILES string of the molecule is CC(C)C1NC(C(C)C)N(C2CN3CCC2CC3)C1=O. The maximum Gasteiger partial charge on any atom is 0.241 e. The van der Waals surface area contributed by atoms with Crippen molar-refractivity contribution in [3.63, 3.8) is 0 Å². The number of nitrogens with one attached hydrogen (secondary N) is 1. The van der Waals surface area contributed by atoms with E-state index in [-0.39, 0.29) is 12.2 Å². The third-order valence-corrected chi connectivity index (χ3v) is 5.45. The fourth-order valence-electron chi connectivity index (χ4n) is 4.24. The van der Waals surface area contributed by atoms with E-state index in [0.717, 1.165) is 12.5 Å². The Morgan fingerprint density at radius 2 is 1.75 bits per heavy atom. The number of nitrogens with zero attached hydrogens (tertiary/aromatic N) is 2. The van der Waals surface area contributed by atoms with E-state index in [4.69, 9.17) is 0 Å². The van der Waals surface area contributed by atoms with Crippen molar-refractivity contribution < 1.29 is 4.79 Å². The highest BCUT2D eigenvalue weighted by molar-refractivity contribution is 5.85. The molecule has 4 fully saturated rings. The number of amides is 1. The molecular formula is C16H29N3O. The maximum atomic E-state index is 12.9. The Morgan fingerprint density at radius 1 is 1.10 bits per heavy atom. The Kier molecular flexibility index (Phi) is 3.80. The third kappa shape index (κ3) is 2.27. The van der Waals surface area contributed by atoms with Crippen LogP contribution in [0.5, 0.6) is 0 Å². The minimum Gasteiger partial charge on any atom is -0.321 e. The summed E-state index contributed by atoms with van der Waals surface area (Å²) in [4.78, 5) is 17.6. The summed E-state index contributed by atoms with van der Waals surface area (Å²) in [6.07, 6.45) is 2.76. The monoisotopic (exact) mass is 279 g/mol. The summed E-state index contributed by atoms with van der Waals surface area (Å²) < 4.78 is 0. The van der Waals surface area contributed by atoms with E-state index in [2.05, 4.69) is 42.8 Å². The van der Waals surface area contributed by atoms with Crippen LogP contribution in [0.25, 0.3) is 0 Å². The van der Waals surface area contributed by atoms with Crippen LogP contribution in [0.3, 0.4) is 0 Å². The average molecular weight is 279 g/mol. The third-order valence-electron chi connectivity index (χ3n) is 5.45. The second kappa shape index (κ2) is 5.30. The molecule has 4 nitrogen and oxygen atoms in total. The van der Waals surface area contributed by atoms with Crippen LogP contribution in [0.2, 0.25) is 0 Å². The summed E-state index contributed by atoms with van der Waals surface area (Å²) in [6.45, 7) is 12.3. The molecule has 0 aliphatic carbocycles. The molecule has 114 valence electrons. The normalized spacial score (nSPS) is 41.2. The molecule has 4 aliphatic heterocycles. The molecule has 0 aromatic rings. The number of fused-ring (bicyclic) bond motifs is 3. The molecule has 1 N–H and O–H groups in total. The van der Waals surface area contributed by atoms with Crippen molar-refractivity contribution in [3.05, 3.63) is 0 Å². The van der Waals surface area contributed by atoms with Crippen molar-refractivity contribution in [1.29, 1.82) is 0 Å². The van der Waals surface area contributed by atoms with E-state index < -0.39 is 0 Å². The van der Waals surface area contributed by atoms with Crippen LogP contribution in [-0.2, 0) is 4.79 Å². The number of piperidine rings is 3. The topological polar surface area (TPSA) is 35.6 Å². The van der Waals surface area contributed by atoms with Gasteiger partial charge in [-0.1, -0.05) is 27.7 Å². The van der Waals surface area contributed by atoms with E-state index in [1.807, 2.05) is 0 Å². The lowest BCUT2D eigenvalue weighted by molar-refractivity contribution is -0.138. The van der Waals surface area contributed by atoms with Gasteiger partial charge in [0.05, 0.1) is 12.2 Å². The Hall–Kier alpha value is -0.610. The van der Waals surface area contributed by atoms with Crippen molar-refractivity contribution in [2.75, 3.05) is 19.6 Å². The average Bonchev–Trinajstić information content (AvgIpc) is 2.78. The number of hydrogen-bond acceptors (Lipinski definition) is 3. The lowest BCUT2D eigenvalue weighted by atomic mass is 9.82. The molecule has 0 aromatic heterocycles. The van der Waals surface area contributed by atoms with Crippen LogP contribution in [0.15, 0.2) is 0 Å². The van der Waals surface area contributed by atoms with E-state index in [1.54, 1.807) is 0 Å². The lowest BCUT2D eigenvalue weighted by Crippen LogP contribution is -2.60. The predicted octanol–water partition coefficient (Wildman–Crippen LogP) is 1.52. The van der Waals surface area contributed by atoms with Crippen molar-refractivity contribution in [1.82, 2.24) is 15.1 Å². The molecule has 4 heteroatoms. The highest BCUT2D eigenvalue weighted by Crippen LogP contribution is 2.35. The van der Waals surface area contributed by atoms with Gasteiger partial charge in [-0.05, 0) is 43.7 Å². The molecule has 1 amide bonds. The van der Waals surface area contributed by atoms with Gasteiger partial charge in [-0.15, -0.1) is 0 Å². The largest absolute Gasteiger partial charge is 0.321 e. The minimum atomic E-state index is 0.0119. The van der Waals surface area contributed by atoms with E-state index in [9.17, 15) is 4.79 Å². The molecule has 20 heavy (non-hydrogen) atoms. The molecule has 0 radical (unpaired) electrons. The number of carbonyl (C=O) groups excluding carboxylic acids is 1. The molecule has 4 aliphatic rings. The molecular weight excluding hydrogens is 250 g/mol. The summed E-state index contributed by atoms with van der Waals surface area (Å²) in [6, 6.07) is 0.450. The van der Waals surface area contributed by atoms with Crippen LogP contribution in [0.1, 0.15) is 40.5 Å².